The van der Waals surface area contributed by atoms with Gasteiger partial charge in [0, 0.05) is 42.6 Å². The fourth-order valence-corrected chi connectivity index (χ4v) is 9.05. The molecule has 0 fully saturated rings. The molecule has 0 unspecified atom stereocenters. The zero-order valence-electron chi connectivity index (χ0n) is 29.6. The lowest BCUT2D eigenvalue weighted by atomic mass is 9.91. The van der Waals surface area contributed by atoms with Gasteiger partial charge in [-0.3, -0.25) is 0 Å². The summed E-state index contributed by atoms with van der Waals surface area (Å²) in [6, 6.07) is 77.0. The molecule has 0 N–H and O–H groups in total. The molecule has 0 bridgehead atoms. The summed E-state index contributed by atoms with van der Waals surface area (Å²) in [5.41, 5.74) is 13.2. The third kappa shape index (κ3) is 5.84. The molecule has 1 heterocycles. The molecule has 0 amide bonds. The second-order valence-corrected chi connectivity index (χ2v) is 14.8. The second-order valence-electron chi connectivity index (χ2n) is 13.7. The van der Waals surface area contributed by atoms with Gasteiger partial charge >= 0.3 is 0 Å². The first-order valence-corrected chi connectivity index (χ1v) is 19.2. The summed E-state index contributed by atoms with van der Waals surface area (Å²) in [6.07, 6.45) is 0. The molecule has 54 heavy (non-hydrogen) atoms. The first-order valence-electron chi connectivity index (χ1n) is 18.4. The Labute approximate surface area is 319 Å². The minimum atomic E-state index is 1.14. The monoisotopic (exact) mass is 705 g/mol. The molecule has 0 radical (unpaired) electrons. The van der Waals surface area contributed by atoms with Crippen LogP contribution < -0.4 is 4.90 Å². The van der Waals surface area contributed by atoms with Crippen LogP contribution in [-0.4, -0.2) is 0 Å². The lowest BCUT2D eigenvalue weighted by Gasteiger charge is -2.25. The number of hydrogen-bond donors (Lipinski definition) is 0. The Balaban J connectivity index is 1.08. The van der Waals surface area contributed by atoms with Crippen LogP contribution in [0.4, 0.5) is 17.1 Å². The smallest absolute Gasteiger partial charge is 0.0476 e. The lowest BCUT2D eigenvalue weighted by Crippen LogP contribution is -2.09. The first kappa shape index (κ1) is 32.0. The van der Waals surface area contributed by atoms with E-state index in [-0.39, 0.29) is 0 Å². The lowest BCUT2D eigenvalue weighted by molar-refractivity contribution is 1.29. The fourth-order valence-electron chi connectivity index (χ4n) is 7.80. The Morgan fingerprint density at radius 3 is 1.30 bits per heavy atom. The van der Waals surface area contributed by atoms with Gasteiger partial charge in [0.05, 0.1) is 0 Å². The van der Waals surface area contributed by atoms with E-state index in [1.54, 1.807) is 0 Å². The van der Waals surface area contributed by atoms with E-state index in [2.05, 4.69) is 217 Å². The van der Waals surface area contributed by atoms with E-state index in [0.29, 0.717) is 0 Å². The molecule has 0 atom stereocenters. The Hall–Kier alpha value is -6.74. The number of nitrogens with zero attached hydrogens (tertiary/aromatic N) is 1. The molecule has 10 rings (SSSR count). The molecular formula is C52H35NS. The average molecular weight is 706 g/mol. The van der Waals surface area contributed by atoms with Gasteiger partial charge in [-0.2, -0.15) is 0 Å². The van der Waals surface area contributed by atoms with Crippen molar-refractivity contribution in [2.75, 3.05) is 4.90 Å². The number of rotatable bonds is 7. The Morgan fingerprint density at radius 2 is 0.741 bits per heavy atom. The first-order chi connectivity index (χ1) is 26.8. The van der Waals surface area contributed by atoms with E-state index in [4.69, 9.17) is 0 Å². The molecule has 1 aromatic heterocycles. The van der Waals surface area contributed by atoms with E-state index < -0.39 is 0 Å². The van der Waals surface area contributed by atoms with E-state index in [9.17, 15) is 0 Å². The van der Waals surface area contributed by atoms with Crippen LogP contribution in [0, 0.1) is 0 Å². The SMILES string of the molecule is c1ccc(-c2cc(-c3ccccc3)cc(-c3ccc(-c4cc5c6ccc(N(c7ccccc7)c7ccccc7)cc6sc5c5ccccc45)cc3)c2)cc1. The van der Waals surface area contributed by atoms with E-state index in [1.165, 1.54) is 75.5 Å². The van der Waals surface area contributed by atoms with Crippen LogP contribution >= 0.6 is 11.3 Å². The molecule has 0 saturated carbocycles. The summed E-state index contributed by atoms with van der Waals surface area (Å²) >= 11 is 1.89. The van der Waals surface area contributed by atoms with Crippen LogP contribution in [0.1, 0.15) is 0 Å². The van der Waals surface area contributed by atoms with Gasteiger partial charge < -0.3 is 4.90 Å². The highest BCUT2D eigenvalue weighted by Crippen LogP contribution is 2.45. The van der Waals surface area contributed by atoms with Crippen LogP contribution in [0.3, 0.4) is 0 Å². The molecule has 1 nitrogen and oxygen atoms in total. The Morgan fingerprint density at radius 1 is 0.278 bits per heavy atom. The quantitative estimate of drug-likeness (QED) is 0.160. The van der Waals surface area contributed by atoms with Crippen molar-refractivity contribution in [3.63, 3.8) is 0 Å². The largest absolute Gasteiger partial charge is 0.310 e. The maximum absolute atomic E-state index is 2.42. The second kappa shape index (κ2) is 13.7. The van der Waals surface area contributed by atoms with Crippen LogP contribution in [0.15, 0.2) is 212 Å². The van der Waals surface area contributed by atoms with Crippen molar-refractivity contribution in [1.29, 1.82) is 0 Å². The van der Waals surface area contributed by atoms with Crippen molar-refractivity contribution >= 4 is 59.3 Å². The van der Waals surface area contributed by atoms with Crippen molar-refractivity contribution in [3.05, 3.63) is 212 Å². The van der Waals surface area contributed by atoms with Crippen LogP contribution in [0.25, 0.3) is 75.5 Å². The summed E-state index contributed by atoms with van der Waals surface area (Å²) < 4.78 is 2.61. The third-order valence-electron chi connectivity index (χ3n) is 10.4. The molecule has 10 aromatic rings. The molecule has 0 aliphatic rings. The molecule has 2 heteroatoms. The number of hydrogen-bond acceptors (Lipinski definition) is 2. The highest BCUT2D eigenvalue weighted by Gasteiger charge is 2.17. The van der Waals surface area contributed by atoms with Gasteiger partial charge in [-0.25, -0.2) is 0 Å². The van der Waals surface area contributed by atoms with Gasteiger partial charge in [-0.15, -0.1) is 11.3 Å². The highest BCUT2D eigenvalue weighted by atomic mass is 32.1. The standard InChI is InChI=1S/C52H35NS/c1-5-15-36(16-6-1)40-31-41(37-17-7-2-8-18-37)33-42(32-40)38-25-27-39(28-26-38)49-35-50-47-30-29-45(34-51(47)54-52(50)48-24-14-13-23-46(48)49)53(43-19-9-3-10-20-43)44-21-11-4-12-22-44/h1-35H. The molecular weight excluding hydrogens is 671 g/mol. The van der Waals surface area contributed by atoms with Crippen molar-refractivity contribution in [1.82, 2.24) is 0 Å². The zero-order valence-corrected chi connectivity index (χ0v) is 30.4. The molecule has 0 saturated heterocycles. The molecule has 0 spiro atoms. The number of para-hydroxylation sites is 2. The normalized spacial score (nSPS) is 11.3. The highest BCUT2D eigenvalue weighted by molar-refractivity contribution is 7.26. The summed E-state index contributed by atoms with van der Waals surface area (Å²) in [7, 11) is 0. The maximum Gasteiger partial charge on any atom is 0.0476 e. The maximum atomic E-state index is 2.42. The van der Waals surface area contributed by atoms with E-state index >= 15 is 0 Å². The minimum Gasteiger partial charge on any atom is -0.310 e. The van der Waals surface area contributed by atoms with Gasteiger partial charge in [0.25, 0.3) is 0 Å². The van der Waals surface area contributed by atoms with E-state index in [0.717, 1.165) is 17.1 Å². The topological polar surface area (TPSA) is 3.24 Å². The molecule has 9 aromatic carbocycles. The summed E-state index contributed by atoms with van der Waals surface area (Å²) in [6.45, 7) is 0. The third-order valence-corrected chi connectivity index (χ3v) is 11.6. The summed E-state index contributed by atoms with van der Waals surface area (Å²) in [4.78, 5) is 2.34. The molecule has 0 aliphatic heterocycles. The van der Waals surface area contributed by atoms with Crippen molar-refractivity contribution in [2.45, 2.75) is 0 Å². The Kier molecular flexibility index (Phi) is 8.09. The summed E-state index contributed by atoms with van der Waals surface area (Å²) in [5, 5.41) is 5.16. The van der Waals surface area contributed by atoms with Crippen molar-refractivity contribution < 1.29 is 0 Å². The minimum absolute atomic E-state index is 1.14. The molecule has 0 aliphatic carbocycles. The predicted molar refractivity (Wildman–Crippen MR) is 233 cm³/mol. The summed E-state index contributed by atoms with van der Waals surface area (Å²) in [5.74, 6) is 0. The number of benzene rings is 9. The van der Waals surface area contributed by atoms with Gasteiger partial charge in [0.2, 0.25) is 0 Å². The fraction of sp³-hybridized carbons (Fsp3) is 0. The van der Waals surface area contributed by atoms with Gasteiger partial charge in [-0.1, -0.05) is 152 Å². The van der Waals surface area contributed by atoms with Crippen LogP contribution in [0.5, 0.6) is 0 Å². The number of thiophene rings is 1. The van der Waals surface area contributed by atoms with Gasteiger partial charge in [0.15, 0.2) is 0 Å². The van der Waals surface area contributed by atoms with Gasteiger partial charge in [-0.05, 0) is 111 Å². The average Bonchev–Trinajstić information content (AvgIpc) is 3.63. The van der Waals surface area contributed by atoms with Crippen LogP contribution in [-0.2, 0) is 0 Å². The zero-order chi connectivity index (χ0) is 35.8. The number of fused-ring (bicyclic) bond motifs is 5. The van der Waals surface area contributed by atoms with Crippen molar-refractivity contribution in [2.24, 2.45) is 0 Å². The molecule has 254 valence electrons. The van der Waals surface area contributed by atoms with Gasteiger partial charge in [0.1, 0.15) is 0 Å². The Bertz CT molecular complexity index is 2800. The van der Waals surface area contributed by atoms with Crippen molar-refractivity contribution in [3.8, 4) is 44.5 Å². The van der Waals surface area contributed by atoms with Crippen LogP contribution in [0.2, 0.25) is 0 Å². The van der Waals surface area contributed by atoms with E-state index in [1.807, 2.05) is 11.3 Å². The number of anilines is 3. The predicted octanol–water partition coefficient (Wildman–Crippen LogP) is 15.3.